The molecule has 0 aliphatic carbocycles. The maximum absolute atomic E-state index is 9.20. The molecule has 1 aliphatic heterocycles. The number of nitrogens with zero attached hydrogens (tertiary/aromatic N) is 1. The summed E-state index contributed by atoms with van der Waals surface area (Å²) in [6.07, 6.45) is 4.23. The monoisotopic (exact) mass is 248 g/mol. The number of nitrogens with one attached hydrogen (secondary N) is 1. The molecule has 1 N–H and O–H groups in total. The first-order chi connectivity index (χ1) is 8.35. The van der Waals surface area contributed by atoms with Crippen molar-refractivity contribution in [3.05, 3.63) is 23.8 Å². The highest BCUT2D eigenvalue weighted by atomic mass is 32.2. The highest BCUT2D eigenvalue weighted by molar-refractivity contribution is 7.98. The van der Waals surface area contributed by atoms with Gasteiger partial charge in [0.2, 0.25) is 0 Å². The lowest BCUT2D eigenvalue weighted by molar-refractivity contribution is 0.161. The molecule has 90 valence electrons. The second-order valence-electron chi connectivity index (χ2n) is 4.01. The van der Waals surface area contributed by atoms with Crippen LogP contribution < -0.4 is 10.1 Å². The van der Waals surface area contributed by atoms with Crippen LogP contribution in [0.15, 0.2) is 23.1 Å². The molecule has 2 rings (SSSR count). The predicted molar refractivity (Wildman–Crippen MR) is 69.5 cm³/mol. The predicted octanol–water partition coefficient (Wildman–Crippen LogP) is 2.41. The van der Waals surface area contributed by atoms with E-state index >= 15 is 0 Å². The van der Waals surface area contributed by atoms with Gasteiger partial charge in [-0.3, -0.25) is 0 Å². The van der Waals surface area contributed by atoms with Crippen molar-refractivity contribution in [1.29, 1.82) is 5.26 Å². The Morgan fingerprint density at radius 1 is 1.41 bits per heavy atom. The van der Waals surface area contributed by atoms with Gasteiger partial charge in [-0.15, -0.1) is 11.8 Å². The van der Waals surface area contributed by atoms with E-state index in [1.54, 1.807) is 11.8 Å². The van der Waals surface area contributed by atoms with E-state index in [0.29, 0.717) is 5.56 Å². The lowest BCUT2D eigenvalue weighted by atomic mass is 10.1. The Morgan fingerprint density at radius 3 is 2.82 bits per heavy atom. The average molecular weight is 248 g/mol. The maximum Gasteiger partial charge on any atom is 0.138 e. The van der Waals surface area contributed by atoms with E-state index in [1.807, 2.05) is 24.5 Å². The average Bonchev–Trinajstić information content (AvgIpc) is 2.39. The number of rotatable bonds is 3. The first kappa shape index (κ1) is 12.3. The van der Waals surface area contributed by atoms with Crippen molar-refractivity contribution in [1.82, 2.24) is 5.32 Å². The molecule has 17 heavy (non-hydrogen) atoms. The van der Waals surface area contributed by atoms with Gasteiger partial charge in [0.25, 0.3) is 0 Å². The van der Waals surface area contributed by atoms with Crippen LogP contribution in [0.2, 0.25) is 0 Å². The minimum Gasteiger partial charge on any atom is -0.489 e. The second-order valence-corrected chi connectivity index (χ2v) is 4.86. The highest BCUT2D eigenvalue weighted by Gasteiger charge is 2.17. The van der Waals surface area contributed by atoms with E-state index in [4.69, 9.17) is 4.74 Å². The van der Waals surface area contributed by atoms with E-state index in [-0.39, 0.29) is 6.10 Å². The topological polar surface area (TPSA) is 45.0 Å². The Morgan fingerprint density at radius 2 is 2.18 bits per heavy atom. The molecule has 0 bridgehead atoms. The largest absolute Gasteiger partial charge is 0.489 e. The summed E-state index contributed by atoms with van der Waals surface area (Å²) in [5.74, 6) is 0.728. The molecule has 1 heterocycles. The molecule has 0 unspecified atom stereocenters. The summed E-state index contributed by atoms with van der Waals surface area (Å²) in [5.41, 5.74) is 0.665. The summed E-state index contributed by atoms with van der Waals surface area (Å²) in [7, 11) is 0. The molecule has 0 spiro atoms. The van der Waals surface area contributed by atoms with Crippen LogP contribution in [-0.4, -0.2) is 25.4 Å². The van der Waals surface area contributed by atoms with Gasteiger partial charge in [0.05, 0.1) is 0 Å². The number of benzene rings is 1. The van der Waals surface area contributed by atoms with Crippen molar-refractivity contribution in [2.75, 3.05) is 19.3 Å². The van der Waals surface area contributed by atoms with Crippen molar-refractivity contribution in [3.63, 3.8) is 0 Å². The molecule has 1 aromatic rings. The van der Waals surface area contributed by atoms with Crippen molar-refractivity contribution in [2.45, 2.75) is 23.8 Å². The molecule has 0 atom stereocenters. The van der Waals surface area contributed by atoms with Crippen LogP contribution in [0.1, 0.15) is 18.4 Å². The van der Waals surface area contributed by atoms with Crippen molar-refractivity contribution in [3.8, 4) is 11.8 Å². The number of thioether (sulfide) groups is 1. The number of hydrogen-bond donors (Lipinski definition) is 1. The number of ether oxygens (including phenoxy) is 1. The minimum atomic E-state index is 0.237. The number of hydrogen-bond acceptors (Lipinski definition) is 4. The fraction of sp³-hybridized carbons (Fsp3) is 0.462. The zero-order valence-corrected chi connectivity index (χ0v) is 10.7. The molecule has 1 fully saturated rings. The molecule has 0 saturated carbocycles. The minimum absolute atomic E-state index is 0.237. The molecule has 0 radical (unpaired) electrons. The maximum atomic E-state index is 9.20. The fourth-order valence-corrected chi connectivity index (χ4v) is 2.55. The van der Waals surface area contributed by atoms with Crippen molar-refractivity contribution < 1.29 is 4.74 Å². The van der Waals surface area contributed by atoms with Crippen LogP contribution in [0.25, 0.3) is 0 Å². The smallest absolute Gasteiger partial charge is 0.138 e. The van der Waals surface area contributed by atoms with Gasteiger partial charge < -0.3 is 10.1 Å². The Bertz CT molecular complexity index is 422. The molecule has 0 aromatic heterocycles. The molecular weight excluding hydrogens is 232 g/mol. The molecule has 1 saturated heterocycles. The third kappa shape index (κ3) is 2.93. The summed E-state index contributed by atoms with van der Waals surface area (Å²) >= 11 is 1.58. The highest BCUT2D eigenvalue weighted by Crippen LogP contribution is 2.29. The van der Waals surface area contributed by atoms with E-state index in [2.05, 4.69) is 11.4 Å². The third-order valence-corrected chi connectivity index (χ3v) is 3.68. The zero-order chi connectivity index (χ0) is 12.1. The Hall–Kier alpha value is -1.18. The van der Waals surface area contributed by atoms with E-state index in [9.17, 15) is 5.26 Å². The summed E-state index contributed by atoms with van der Waals surface area (Å²) < 4.78 is 5.94. The normalized spacial score (nSPS) is 16.5. The number of piperidine rings is 1. The van der Waals surface area contributed by atoms with Crippen LogP contribution >= 0.6 is 11.8 Å². The summed E-state index contributed by atoms with van der Waals surface area (Å²) in [6, 6.07) is 8.04. The standard InChI is InChI=1S/C13H16N2OS/c1-17-13-4-2-3-12(11(13)9-14)16-10-5-7-15-8-6-10/h2-4,10,15H,5-8H2,1H3. The van der Waals surface area contributed by atoms with Gasteiger partial charge in [-0.25, -0.2) is 0 Å². The van der Waals surface area contributed by atoms with Crippen molar-refractivity contribution >= 4 is 11.8 Å². The molecule has 1 aromatic carbocycles. The quantitative estimate of drug-likeness (QED) is 0.834. The van der Waals surface area contributed by atoms with E-state index in [0.717, 1.165) is 36.6 Å². The molecule has 0 amide bonds. The Balaban J connectivity index is 2.17. The first-order valence-corrected chi connectivity index (χ1v) is 7.02. The summed E-state index contributed by atoms with van der Waals surface area (Å²) in [5, 5.41) is 12.5. The molecular formula is C13H16N2OS. The van der Waals surface area contributed by atoms with Crippen LogP contribution in [-0.2, 0) is 0 Å². The fourth-order valence-electron chi connectivity index (χ4n) is 1.98. The zero-order valence-electron chi connectivity index (χ0n) is 9.90. The van der Waals surface area contributed by atoms with Crippen molar-refractivity contribution in [2.24, 2.45) is 0 Å². The van der Waals surface area contributed by atoms with Crippen LogP contribution in [0, 0.1) is 11.3 Å². The van der Waals surface area contributed by atoms with E-state index in [1.165, 1.54) is 0 Å². The first-order valence-electron chi connectivity index (χ1n) is 5.79. The van der Waals surface area contributed by atoms with E-state index < -0.39 is 0 Å². The van der Waals surface area contributed by atoms with Gasteiger partial charge in [0.15, 0.2) is 0 Å². The summed E-state index contributed by atoms with van der Waals surface area (Å²) in [6.45, 7) is 1.99. The Labute approximate surface area is 106 Å². The Kier molecular flexibility index (Phi) is 4.29. The van der Waals surface area contributed by atoms with Gasteiger partial charge >= 0.3 is 0 Å². The third-order valence-electron chi connectivity index (χ3n) is 2.90. The van der Waals surface area contributed by atoms with Gasteiger partial charge in [-0.05, 0) is 44.3 Å². The molecule has 4 heteroatoms. The van der Waals surface area contributed by atoms with Gasteiger partial charge in [-0.1, -0.05) is 6.07 Å². The molecule has 3 nitrogen and oxygen atoms in total. The molecule has 1 aliphatic rings. The lowest BCUT2D eigenvalue weighted by Crippen LogP contribution is -2.34. The van der Waals surface area contributed by atoms with Gasteiger partial charge in [0.1, 0.15) is 23.5 Å². The summed E-state index contributed by atoms with van der Waals surface area (Å²) in [4.78, 5) is 0.985. The van der Waals surface area contributed by atoms with Crippen LogP contribution in [0.3, 0.4) is 0 Å². The van der Waals surface area contributed by atoms with Crippen LogP contribution in [0.5, 0.6) is 5.75 Å². The van der Waals surface area contributed by atoms with Gasteiger partial charge in [-0.2, -0.15) is 5.26 Å². The van der Waals surface area contributed by atoms with Gasteiger partial charge in [0, 0.05) is 4.90 Å². The second kappa shape index (κ2) is 5.95. The number of nitriles is 1. The lowest BCUT2D eigenvalue weighted by Gasteiger charge is -2.24. The van der Waals surface area contributed by atoms with Crippen LogP contribution in [0.4, 0.5) is 0 Å². The SMILES string of the molecule is CSc1cccc(OC2CCNCC2)c1C#N.